The number of primary amides is 1. The first-order valence-electron chi connectivity index (χ1n) is 8.16. The summed E-state index contributed by atoms with van der Waals surface area (Å²) in [4.78, 5) is 57.2. The van der Waals surface area contributed by atoms with Gasteiger partial charge in [0.25, 0.3) is 0 Å². The van der Waals surface area contributed by atoms with Gasteiger partial charge in [-0.05, 0) is 31.3 Å². The predicted octanol–water partition coefficient (Wildman–Crippen LogP) is -1.75. The van der Waals surface area contributed by atoms with Crippen LogP contribution in [0.25, 0.3) is 0 Å². The van der Waals surface area contributed by atoms with Gasteiger partial charge in [0.05, 0.1) is 6.04 Å². The van der Waals surface area contributed by atoms with E-state index < -0.39 is 47.8 Å². The molecule has 0 aliphatic carbocycles. The lowest BCUT2D eigenvalue weighted by Gasteiger charge is -2.22. The van der Waals surface area contributed by atoms with Gasteiger partial charge in [-0.3, -0.25) is 19.2 Å². The highest BCUT2D eigenvalue weighted by molar-refractivity contribution is 7.98. The van der Waals surface area contributed by atoms with Crippen LogP contribution in [-0.2, 0) is 24.0 Å². The SMILES string of the molecule is CSCC[C@H](NC(=O)[C@H](CCC(N)=O)NC(=O)[C@@H](N)CCC(=O)O)C(=O)O. The van der Waals surface area contributed by atoms with Crippen molar-refractivity contribution in [2.75, 3.05) is 12.0 Å². The van der Waals surface area contributed by atoms with Gasteiger partial charge in [-0.15, -0.1) is 0 Å². The predicted molar refractivity (Wildman–Crippen MR) is 97.8 cm³/mol. The van der Waals surface area contributed by atoms with Crippen LogP contribution in [0.2, 0.25) is 0 Å². The molecule has 0 aliphatic heterocycles. The number of carbonyl (C=O) groups excluding carboxylic acids is 3. The van der Waals surface area contributed by atoms with Crippen LogP contribution in [0.4, 0.5) is 0 Å². The Morgan fingerprint density at radius 2 is 1.52 bits per heavy atom. The molecule has 27 heavy (non-hydrogen) atoms. The summed E-state index contributed by atoms with van der Waals surface area (Å²) >= 11 is 1.41. The van der Waals surface area contributed by atoms with E-state index in [9.17, 15) is 29.1 Å². The number of carboxylic acids is 2. The van der Waals surface area contributed by atoms with Crippen LogP contribution in [0.3, 0.4) is 0 Å². The zero-order valence-electron chi connectivity index (χ0n) is 15.0. The zero-order chi connectivity index (χ0) is 21.0. The second-order valence-electron chi connectivity index (χ2n) is 5.79. The summed E-state index contributed by atoms with van der Waals surface area (Å²) < 4.78 is 0. The fourth-order valence-corrected chi connectivity index (χ4v) is 2.48. The maximum absolute atomic E-state index is 12.4. The molecule has 0 rings (SSSR count). The highest BCUT2D eigenvalue weighted by Crippen LogP contribution is 2.05. The molecule has 0 spiro atoms. The molecule has 0 aromatic heterocycles. The van der Waals surface area contributed by atoms with Crippen molar-refractivity contribution in [1.82, 2.24) is 10.6 Å². The zero-order valence-corrected chi connectivity index (χ0v) is 15.8. The van der Waals surface area contributed by atoms with Gasteiger partial charge in [-0.1, -0.05) is 0 Å². The van der Waals surface area contributed by atoms with Gasteiger partial charge in [-0.2, -0.15) is 11.8 Å². The number of aliphatic carboxylic acids is 2. The summed E-state index contributed by atoms with van der Waals surface area (Å²) in [6, 6.07) is -3.55. The molecule has 0 saturated heterocycles. The molecule has 12 heteroatoms. The summed E-state index contributed by atoms with van der Waals surface area (Å²) in [6.07, 6.45) is 1.13. The Morgan fingerprint density at radius 3 is 2.00 bits per heavy atom. The third-order valence-electron chi connectivity index (χ3n) is 3.54. The Hall–Kier alpha value is -2.34. The van der Waals surface area contributed by atoms with Gasteiger partial charge in [-0.25, -0.2) is 4.79 Å². The van der Waals surface area contributed by atoms with Crippen molar-refractivity contribution in [3.05, 3.63) is 0 Å². The van der Waals surface area contributed by atoms with Gasteiger partial charge >= 0.3 is 11.9 Å². The molecule has 3 amide bonds. The molecular formula is C15H26N4O7S. The Kier molecular flexibility index (Phi) is 11.8. The lowest BCUT2D eigenvalue weighted by Crippen LogP contribution is -2.54. The molecule has 0 aliphatic rings. The van der Waals surface area contributed by atoms with E-state index in [1.807, 2.05) is 0 Å². The van der Waals surface area contributed by atoms with E-state index >= 15 is 0 Å². The number of nitrogens with two attached hydrogens (primary N) is 2. The summed E-state index contributed by atoms with van der Waals surface area (Å²) in [7, 11) is 0. The number of amides is 3. The topological polar surface area (TPSA) is 202 Å². The first-order chi connectivity index (χ1) is 12.6. The molecule has 0 bridgehead atoms. The fourth-order valence-electron chi connectivity index (χ4n) is 2.01. The van der Waals surface area contributed by atoms with Crippen molar-refractivity contribution >= 4 is 41.4 Å². The Balaban J connectivity index is 5.01. The van der Waals surface area contributed by atoms with Crippen molar-refractivity contribution < 1.29 is 34.2 Å². The summed E-state index contributed by atoms with van der Waals surface area (Å²) in [5.41, 5.74) is 10.6. The van der Waals surface area contributed by atoms with Crippen LogP contribution >= 0.6 is 11.8 Å². The summed E-state index contributed by atoms with van der Waals surface area (Å²) in [5.74, 6) is -4.13. The molecule has 3 atom stereocenters. The van der Waals surface area contributed by atoms with Crippen LogP contribution in [0, 0.1) is 0 Å². The van der Waals surface area contributed by atoms with Crippen molar-refractivity contribution in [3.63, 3.8) is 0 Å². The highest BCUT2D eigenvalue weighted by atomic mass is 32.2. The van der Waals surface area contributed by atoms with E-state index in [4.69, 9.17) is 16.6 Å². The van der Waals surface area contributed by atoms with Gasteiger partial charge in [0.1, 0.15) is 12.1 Å². The standard InChI is InChI=1S/C15H26N4O7S/c1-27-7-6-10(15(25)26)19-14(24)9(3-4-11(17)20)18-13(23)8(16)2-5-12(21)22/h8-10H,2-7,16H2,1H3,(H2,17,20)(H,18,23)(H,19,24)(H,21,22)(H,25,26)/t8-,9-,10-/m0/s1. The van der Waals surface area contributed by atoms with E-state index in [2.05, 4.69) is 10.6 Å². The molecular weight excluding hydrogens is 380 g/mol. The normalized spacial score (nSPS) is 13.9. The van der Waals surface area contributed by atoms with Gasteiger partial charge < -0.3 is 32.3 Å². The maximum Gasteiger partial charge on any atom is 0.326 e. The van der Waals surface area contributed by atoms with E-state index in [0.717, 1.165) is 0 Å². The molecule has 0 saturated carbocycles. The van der Waals surface area contributed by atoms with Crippen LogP contribution < -0.4 is 22.1 Å². The minimum atomic E-state index is -1.23. The Labute approximate surface area is 160 Å². The van der Waals surface area contributed by atoms with Crippen LogP contribution in [0.5, 0.6) is 0 Å². The number of hydrogen-bond acceptors (Lipinski definition) is 7. The van der Waals surface area contributed by atoms with Gasteiger partial charge in [0.2, 0.25) is 17.7 Å². The molecule has 11 nitrogen and oxygen atoms in total. The first kappa shape index (κ1) is 24.7. The van der Waals surface area contributed by atoms with Crippen LogP contribution in [0.15, 0.2) is 0 Å². The quantitative estimate of drug-likeness (QED) is 0.193. The maximum atomic E-state index is 12.4. The second kappa shape index (κ2) is 12.9. The van der Waals surface area contributed by atoms with E-state index in [1.165, 1.54) is 11.8 Å². The molecule has 0 unspecified atom stereocenters. The minimum absolute atomic E-state index is 0.142. The van der Waals surface area contributed by atoms with Crippen LogP contribution in [-0.4, -0.2) is 70.0 Å². The Bertz CT molecular complexity index is 558. The van der Waals surface area contributed by atoms with Crippen molar-refractivity contribution in [3.8, 4) is 0 Å². The van der Waals surface area contributed by atoms with Crippen molar-refractivity contribution in [2.24, 2.45) is 11.5 Å². The molecule has 0 radical (unpaired) electrons. The fraction of sp³-hybridized carbons (Fsp3) is 0.667. The molecule has 154 valence electrons. The second-order valence-corrected chi connectivity index (χ2v) is 6.77. The minimum Gasteiger partial charge on any atom is -0.481 e. The monoisotopic (exact) mass is 406 g/mol. The molecule has 0 aromatic carbocycles. The van der Waals surface area contributed by atoms with E-state index in [0.29, 0.717) is 5.75 Å². The largest absolute Gasteiger partial charge is 0.481 e. The van der Waals surface area contributed by atoms with Gasteiger partial charge in [0, 0.05) is 12.8 Å². The average molecular weight is 406 g/mol. The number of nitrogens with one attached hydrogen (secondary N) is 2. The molecule has 0 aromatic rings. The van der Waals surface area contributed by atoms with E-state index in [1.54, 1.807) is 6.26 Å². The average Bonchev–Trinajstić information content (AvgIpc) is 2.58. The lowest BCUT2D eigenvalue weighted by atomic mass is 10.1. The number of thioether (sulfide) groups is 1. The number of hydrogen-bond donors (Lipinski definition) is 6. The van der Waals surface area contributed by atoms with Crippen molar-refractivity contribution in [1.29, 1.82) is 0 Å². The number of rotatable bonds is 14. The van der Waals surface area contributed by atoms with E-state index in [-0.39, 0.29) is 32.1 Å². The first-order valence-corrected chi connectivity index (χ1v) is 9.56. The highest BCUT2D eigenvalue weighted by Gasteiger charge is 2.28. The van der Waals surface area contributed by atoms with Crippen LogP contribution in [0.1, 0.15) is 32.1 Å². The van der Waals surface area contributed by atoms with Gasteiger partial charge in [0.15, 0.2) is 0 Å². The molecule has 8 N–H and O–H groups in total. The van der Waals surface area contributed by atoms with Crippen molar-refractivity contribution in [2.45, 2.75) is 50.2 Å². The summed E-state index contributed by atoms with van der Waals surface area (Å²) in [6.45, 7) is 0. The lowest BCUT2D eigenvalue weighted by molar-refractivity contribution is -0.142. The number of carbonyl (C=O) groups is 5. The summed E-state index contributed by atoms with van der Waals surface area (Å²) in [5, 5.41) is 22.4. The smallest absolute Gasteiger partial charge is 0.326 e. The molecule has 0 heterocycles. The third kappa shape index (κ3) is 11.1. The third-order valence-corrected chi connectivity index (χ3v) is 4.19. The number of carboxylic acid groups (broad SMARTS) is 2. The Morgan fingerprint density at radius 1 is 0.926 bits per heavy atom. The molecule has 0 fully saturated rings.